The summed E-state index contributed by atoms with van der Waals surface area (Å²) in [5.41, 5.74) is 0.154. The van der Waals surface area contributed by atoms with Crippen molar-refractivity contribution in [2.45, 2.75) is 10.9 Å². The first-order valence-corrected chi connectivity index (χ1v) is 12.5. The molecule has 2 fully saturated rings. The van der Waals surface area contributed by atoms with E-state index in [1.807, 2.05) is 0 Å². The fourth-order valence-electron chi connectivity index (χ4n) is 4.37. The number of rotatable bonds is 8. The molecule has 10 nitrogen and oxygen atoms in total. The summed E-state index contributed by atoms with van der Waals surface area (Å²) in [5, 5.41) is 0. The predicted molar refractivity (Wildman–Crippen MR) is 120 cm³/mol. The molecule has 2 atom stereocenters. The minimum Gasteiger partial charge on any atom is -0.467 e. The Morgan fingerprint density at radius 1 is 1.12 bits per heavy atom. The molecule has 0 aliphatic carbocycles. The molecule has 2 unspecified atom stereocenters. The van der Waals surface area contributed by atoms with Gasteiger partial charge in [0, 0.05) is 19.7 Å². The molecule has 1 aromatic heterocycles. The summed E-state index contributed by atoms with van der Waals surface area (Å²) >= 11 is 0. The van der Waals surface area contributed by atoms with E-state index in [2.05, 4.69) is 0 Å². The maximum absolute atomic E-state index is 13.4. The highest BCUT2D eigenvalue weighted by molar-refractivity contribution is 7.89. The second-order valence-corrected chi connectivity index (χ2v) is 10.7. The molecule has 182 valence electrons. The number of hydrogen-bond donors (Lipinski definition) is 1. The van der Waals surface area contributed by atoms with Gasteiger partial charge in [-0.1, -0.05) is 12.1 Å². The van der Waals surface area contributed by atoms with Gasteiger partial charge in [0.25, 0.3) is 5.91 Å². The summed E-state index contributed by atoms with van der Waals surface area (Å²) in [6.07, 6.45) is 1.44. The minimum atomic E-state index is -3.66. The number of hydrogen-bond acceptors (Lipinski definition) is 7. The fourth-order valence-corrected chi connectivity index (χ4v) is 5.28. The lowest BCUT2D eigenvalue weighted by Gasteiger charge is -2.28. The molecule has 3 heterocycles. The number of ether oxygens (including phenoxy) is 1. The summed E-state index contributed by atoms with van der Waals surface area (Å²) in [7, 11) is -0.834. The van der Waals surface area contributed by atoms with Gasteiger partial charge in [-0.25, -0.2) is 12.7 Å². The Balaban J connectivity index is 1.61. The van der Waals surface area contributed by atoms with Crippen LogP contribution in [0.15, 0.2) is 52.0 Å². The van der Waals surface area contributed by atoms with Crippen LogP contribution in [0.2, 0.25) is 0 Å². The molecule has 2 saturated heterocycles. The van der Waals surface area contributed by atoms with Gasteiger partial charge in [-0.15, -0.1) is 0 Å². The van der Waals surface area contributed by atoms with E-state index in [4.69, 9.17) is 9.15 Å². The lowest BCUT2D eigenvalue weighted by Crippen LogP contribution is -3.14. The third-order valence-corrected chi connectivity index (χ3v) is 8.18. The number of amides is 1. The van der Waals surface area contributed by atoms with Crippen molar-refractivity contribution < 1.29 is 36.9 Å². The van der Waals surface area contributed by atoms with Crippen molar-refractivity contribution in [3.63, 3.8) is 0 Å². The van der Waals surface area contributed by atoms with E-state index >= 15 is 0 Å². The molecule has 1 amide bonds. The van der Waals surface area contributed by atoms with Crippen molar-refractivity contribution in [2.75, 3.05) is 53.5 Å². The highest BCUT2D eigenvalue weighted by Gasteiger charge is 2.53. The van der Waals surface area contributed by atoms with Crippen LogP contribution >= 0.6 is 0 Å². The van der Waals surface area contributed by atoms with E-state index in [1.54, 1.807) is 12.1 Å². The fraction of sp³-hybridized carbons (Fsp3) is 0.435. The zero-order valence-electron chi connectivity index (χ0n) is 19.1. The maximum Gasteiger partial charge on any atom is 0.291 e. The molecule has 0 spiro atoms. The van der Waals surface area contributed by atoms with Crippen LogP contribution in [0.25, 0.3) is 0 Å². The normalized spacial score (nSPS) is 22.0. The Morgan fingerprint density at radius 2 is 1.79 bits per heavy atom. The Kier molecular flexibility index (Phi) is 6.99. The average Bonchev–Trinajstić information content (AvgIpc) is 3.45. The third kappa shape index (κ3) is 4.56. The number of furan rings is 1. The van der Waals surface area contributed by atoms with Gasteiger partial charge in [0.15, 0.2) is 5.78 Å². The van der Waals surface area contributed by atoms with Crippen LogP contribution in [0.3, 0.4) is 0 Å². The molecular formula is C23H28N3O7S+. The third-order valence-electron chi connectivity index (χ3n) is 6.35. The van der Waals surface area contributed by atoms with Crippen molar-refractivity contribution in [2.24, 2.45) is 5.92 Å². The van der Waals surface area contributed by atoms with E-state index in [0.717, 1.165) is 17.4 Å². The topological polar surface area (TPSA) is 119 Å². The summed E-state index contributed by atoms with van der Waals surface area (Å²) < 4.78 is 36.6. The summed E-state index contributed by atoms with van der Waals surface area (Å²) in [5.74, 6) is -2.95. The molecule has 2 aromatic rings. The standard InChI is InChI=1S/C23H27N3O7S/c1-24(2)34(30,31)17-7-5-16(6-8-17)21(27)19-20(18-4-3-13-33-18)26(23(29)22(19)28)10-9-25-11-14-32-15-12-25/h3-8,13,19-20H,9-12,14-15H2,1-2H3/p+1. The first kappa shape index (κ1) is 24.3. The highest BCUT2D eigenvalue weighted by Crippen LogP contribution is 2.38. The molecule has 34 heavy (non-hydrogen) atoms. The molecular weight excluding hydrogens is 462 g/mol. The van der Waals surface area contributed by atoms with Crippen molar-refractivity contribution in [1.82, 2.24) is 9.21 Å². The Bertz CT molecular complexity index is 1150. The molecule has 0 saturated carbocycles. The van der Waals surface area contributed by atoms with Crippen molar-refractivity contribution in [1.29, 1.82) is 0 Å². The first-order chi connectivity index (χ1) is 16.2. The molecule has 0 radical (unpaired) electrons. The van der Waals surface area contributed by atoms with E-state index in [9.17, 15) is 22.8 Å². The van der Waals surface area contributed by atoms with E-state index in [-0.39, 0.29) is 10.5 Å². The number of likely N-dealkylation sites (tertiary alicyclic amines) is 1. The number of carbonyl (C=O) groups is 3. The molecule has 0 bridgehead atoms. The summed E-state index contributed by atoms with van der Waals surface area (Å²) in [6, 6.07) is 7.84. The number of carbonyl (C=O) groups excluding carboxylic acids is 3. The molecule has 2 aliphatic rings. The van der Waals surface area contributed by atoms with Crippen LogP contribution in [-0.4, -0.2) is 88.6 Å². The SMILES string of the molecule is CN(C)S(=O)(=O)c1ccc(C(=O)C2C(=O)C(=O)N(CC[NH+]3CCOCC3)C2c2ccco2)cc1. The molecule has 1 aromatic carbocycles. The van der Waals surface area contributed by atoms with E-state index in [0.29, 0.717) is 32.1 Å². The van der Waals surface area contributed by atoms with Crippen LogP contribution in [-0.2, 0) is 24.3 Å². The zero-order chi connectivity index (χ0) is 24.5. The Labute approximate surface area is 198 Å². The smallest absolute Gasteiger partial charge is 0.291 e. The second kappa shape index (κ2) is 9.79. The quantitative estimate of drug-likeness (QED) is 0.298. The molecule has 1 N–H and O–H groups in total. The van der Waals surface area contributed by atoms with Crippen molar-refractivity contribution >= 4 is 27.5 Å². The van der Waals surface area contributed by atoms with Crippen LogP contribution in [0, 0.1) is 5.92 Å². The number of nitrogens with one attached hydrogen (secondary N) is 1. The van der Waals surface area contributed by atoms with Crippen molar-refractivity contribution in [3.8, 4) is 0 Å². The van der Waals surface area contributed by atoms with E-state index in [1.165, 1.54) is 54.4 Å². The number of Topliss-reactive ketones (excluding diaryl/α,β-unsaturated/α-hetero) is 2. The van der Waals surface area contributed by atoms with Gasteiger partial charge >= 0.3 is 0 Å². The average molecular weight is 491 g/mol. The monoisotopic (exact) mass is 490 g/mol. The first-order valence-electron chi connectivity index (χ1n) is 11.1. The van der Waals surface area contributed by atoms with E-state index < -0.39 is 39.5 Å². The van der Waals surface area contributed by atoms with Gasteiger partial charge < -0.3 is 19.0 Å². The lowest BCUT2D eigenvalue weighted by molar-refractivity contribution is -0.907. The summed E-state index contributed by atoms with van der Waals surface area (Å²) in [4.78, 5) is 42.1. The number of nitrogens with zero attached hydrogens (tertiary/aromatic N) is 2. The van der Waals surface area contributed by atoms with Crippen LogP contribution < -0.4 is 4.90 Å². The van der Waals surface area contributed by atoms with Gasteiger partial charge in [-0.3, -0.25) is 14.4 Å². The van der Waals surface area contributed by atoms with Gasteiger partial charge in [0.2, 0.25) is 15.8 Å². The highest BCUT2D eigenvalue weighted by atomic mass is 32.2. The Morgan fingerprint density at radius 3 is 2.38 bits per heavy atom. The van der Waals surface area contributed by atoms with Crippen LogP contribution in [0.5, 0.6) is 0 Å². The van der Waals surface area contributed by atoms with Gasteiger partial charge in [0.1, 0.15) is 30.8 Å². The zero-order valence-corrected chi connectivity index (χ0v) is 19.9. The number of morpholine rings is 1. The second-order valence-electron chi connectivity index (χ2n) is 8.59. The molecule has 11 heteroatoms. The maximum atomic E-state index is 13.4. The number of quaternary nitrogens is 1. The van der Waals surface area contributed by atoms with Crippen molar-refractivity contribution in [3.05, 3.63) is 54.0 Å². The molecule has 2 aliphatic heterocycles. The largest absolute Gasteiger partial charge is 0.467 e. The molecule has 4 rings (SSSR count). The van der Waals surface area contributed by atoms with Gasteiger partial charge in [-0.2, -0.15) is 0 Å². The minimum absolute atomic E-state index is 0.0283. The number of sulfonamides is 1. The van der Waals surface area contributed by atoms with Gasteiger partial charge in [0.05, 0.1) is 37.5 Å². The number of ketones is 2. The lowest BCUT2D eigenvalue weighted by atomic mass is 9.89. The van der Waals surface area contributed by atoms with Gasteiger partial charge in [-0.05, 0) is 24.3 Å². The van der Waals surface area contributed by atoms with Crippen LogP contribution in [0.4, 0.5) is 0 Å². The Hall–Kier alpha value is -2.86. The summed E-state index contributed by atoms with van der Waals surface area (Å²) in [6.45, 7) is 3.83. The van der Waals surface area contributed by atoms with Crippen LogP contribution in [0.1, 0.15) is 22.2 Å². The predicted octanol–water partition coefficient (Wildman–Crippen LogP) is -0.603. The number of benzene rings is 1.